The van der Waals surface area contributed by atoms with Crippen molar-refractivity contribution in [2.75, 3.05) is 11.5 Å². The van der Waals surface area contributed by atoms with E-state index < -0.39 is 9.84 Å². The molecular formula is C10H17NO4S. The molecule has 1 saturated heterocycles. The number of amides is 1. The van der Waals surface area contributed by atoms with E-state index in [1.165, 1.54) is 0 Å². The molecule has 6 heteroatoms. The summed E-state index contributed by atoms with van der Waals surface area (Å²) >= 11 is 0. The monoisotopic (exact) mass is 247 g/mol. The fraction of sp³-hybridized carbons (Fsp3) is 0.900. The molecule has 1 saturated carbocycles. The van der Waals surface area contributed by atoms with Crippen molar-refractivity contribution in [1.29, 1.82) is 0 Å². The van der Waals surface area contributed by atoms with Crippen molar-refractivity contribution in [3.8, 4) is 0 Å². The van der Waals surface area contributed by atoms with Gasteiger partial charge >= 0.3 is 0 Å². The maximum absolute atomic E-state index is 11.5. The highest BCUT2D eigenvalue weighted by Crippen LogP contribution is 2.23. The number of carbonyl (C=O) groups excluding carboxylic acids is 1. The highest BCUT2D eigenvalue weighted by molar-refractivity contribution is 7.91. The summed E-state index contributed by atoms with van der Waals surface area (Å²) in [4.78, 5) is 11.5. The molecular weight excluding hydrogens is 230 g/mol. The average molecular weight is 247 g/mol. The van der Waals surface area contributed by atoms with Crippen LogP contribution in [0, 0.1) is 5.92 Å². The van der Waals surface area contributed by atoms with Crippen LogP contribution in [0.2, 0.25) is 0 Å². The van der Waals surface area contributed by atoms with Gasteiger partial charge in [-0.05, 0) is 25.2 Å². The van der Waals surface area contributed by atoms with Crippen molar-refractivity contribution >= 4 is 15.7 Å². The molecule has 1 unspecified atom stereocenters. The van der Waals surface area contributed by atoms with E-state index >= 15 is 0 Å². The Labute approximate surface area is 95.1 Å². The fourth-order valence-corrected chi connectivity index (χ4v) is 4.15. The van der Waals surface area contributed by atoms with Gasteiger partial charge in [0.1, 0.15) is 0 Å². The number of nitrogens with one attached hydrogen (secondary N) is 1. The van der Waals surface area contributed by atoms with E-state index in [0.717, 1.165) is 0 Å². The Morgan fingerprint density at radius 3 is 2.56 bits per heavy atom. The van der Waals surface area contributed by atoms with Crippen molar-refractivity contribution < 1.29 is 18.3 Å². The van der Waals surface area contributed by atoms with E-state index in [9.17, 15) is 13.2 Å². The van der Waals surface area contributed by atoms with Crippen LogP contribution in [0.1, 0.15) is 25.7 Å². The predicted molar refractivity (Wildman–Crippen MR) is 58.5 cm³/mol. The van der Waals surface area contributed by atoms with Crippen LogP contribution < -0.4 is 5.32 Å². The van der Waals surface area contributed by atoms with Gasteiger partial charge in [0.25, 0.3) is 0 Å². The van der Waals surface area contributed by atoms with Crippen LogP contribution in [0.4, 0.5) is 0 Å². The van der Waals surface area contributed by atoms with Gasteiger partial charge in [-0.25, -0.2) is 8.42 Å². The second kappa shape index (κ2) is 4.33. The summed E-state index contributed by atoms with van der Waals surface area (Å²) in [5.41, 5.74) is 0. The molecule has 1 aliphatic heterocycles. The summed E-state index contributed by atoms with van der Waals surface area (Å²) in [6.07, 6.45) is 1.86. The van der Waals surface area contributed by atoms with Gasteiger partial charge in [-0.1, -0.05) is 0 Å². The molecule has 2 N–H and O–H groups in total. The maximum Gasteiger partial charge on any atom is 0.220 e. The zero-order valence-corrected chi connectivity index (χ0v) is 9.87. The molecule has 0 spiro atoms. The third kappa shape index (κ3) is 2.95. The van der Waals surface area contributed by atoms with E-state index in [1.54, 1.807) is 0 Å². The molecule has 0 radical (unpaired) electrons. The molecule has 1 heterocycles. The van der Waals surface area contributed by atoms with E-state index in [-0.39, 0.29) is 35.5 Å². The van der Waals surface area contributed by atoms with Gasteiger partial charge in [-0.3, -0.25) is 4.79 Å². The van der Waals surface area contributed by atoms with Gasteiger partial charge in [0.2, 0.25) is 5.91 Å². The largest absolute Gasteiger partial charge is 0.393 e. The Morgan fingerprint density at radius 2 is 2.06 bits per heavy atom. The molecule has 92 valence electrons. The lowest BCUT2D eigenvalue weighted by molar-refractivity contribution is -0.123. The lowest BCUT2D eigenvalue weighted by Gasteiger charge is -2.32. The Hall–Kier alpha value is -0.620. The first-order valence-corrected chi connectivity index (χ1v) is 7.44. The number of hydrogen-bond acceptors (Lipinski definition) is 4. The number of aliphatic hydroxyl groups is 1. The van der Waals surface area contributed by atoms with Crippen LogP contribution in [-0.4, -0.2) is 43.1 Å². The van der Waals surface area contributed by atoms with Crippen LogP contribution in [0.15, 0.2) is 0 Å². The first-order valence-electron chi connectivity index (χ1n) is 5.62. The number of carbonyl (C=O) groups is 1. The zero-order chi connectivity index (χ0) is 11.8. The van der Waals surface area contributed by atoms with Crippen molar-refractivity contribution in [3.63, 3.8) is 0 Å². The summed E-state index contributed by atoms with van der Waals surface area (Å²) in [5, 5.41) is 11.9. The summed E-state index contributed by atoms with van der Waals surface area (Å²) < 4.78 is 22.4. The minimum absolute atomic E-state index is 0.0185. The smallest absolute Gasteiger partial charge is 0.220 e. The minimum Gasteiger partial charge on any atom is -0.393 e. The standard InChI is InChI=1S/C10H17NO4S/c12-9-4-8(5-9)11-10(13)3-7-1-2-16(14,15)6-7/h7-9,12H,1-6H2,(H,11,13). The molecule has 0 bridgehead atoms. The van der Waals surface area contributed by atoms with E-state index in [0.29, 0.717) is 25.7 Å². The summed E-state index contributed by atoms with van der Waals surface area (Å²) in [5.74, 6) is 0.259. The lowest BCUT2D eigenvalue weighted by Crippen LogP contribution is -2.47. The second-order valence-electron chi connectivity index (χ2n) is 4.86. The lowest BCUT2D eigenvalue weighted by atomic mass is 9.89. The fourth-order valence-electron chi connectivity index (χ4n) is 2.29. The van der Waals surface area contributed by atoms with Gasteiger partial charge in [0.05, 0.1) is 17.6 Å². The molecule has 1 atom stereocenters. The zero-order valence-electron chi connectivity index (χ0n) is 9.05. The van der Waals surface area contributed by atoms with Crippen molar-refractivity contribution in [3.05, 3.63) is 0 Å². The first kappa shape index (κ1) is 11.9. The normalized spacial score (nSPS) is 36.7. The molecule has 16 heavy (non-hydrogen) atoms. The highest BCUT2D eigenvalue weighted by Gasteiger charge is 2.32. The third-order valence-electron chi connectivity index (χ3n) is 3.28. The van der Waals surface area contributed by atoms with E-state index in [4.69, 9.17) is 5.11 Å². The van der Waals surface area contributed by atoms with Gasteiger partial charge < -0.3 is 10.4 Å². The average Bonchev–Trinajstić information content (AvgIpc) is 2.42. The molecule has 2 rings (SSSR count). The Bertz CT molecular complexity index is 372. The molecule has 1 amide bonds. The van der Waals surface area contributed by atoms with Crippen LogP contribution in [-0.2, 0) is 14.6 Å². The summed E-state index contributed by atoms with van der Waals surface area (Å²) in [7, 11) is -2.89. The Kier molecular flexibility index (Phi) is 3.21. The van der Waals surface area contributed by atoms with Gasteiger partial charge in [0.15, 0.2) is 9.84 Å². The van der Waals surface area contributed by atoms with Gasteiger partial charge in [-0.2, -0.15) is 0 Å². The van der Waals surface area contributed by atoms with E-state index in [2.05, 4.69) is 5.32 Å². The summed E-state index contributed by atoms with van der Waals surface area (Å²) in [6.45, 7) is 0. The van der Waals surface area contributed by atoms with Crippen molar-refractivity contribution in [2.45, 2.75) is 37.8 Å². The number of rotatable bonds is 3. The predicted octanol–water partition coefficient (Wildman–Crippen LogP) is -0.549. The van der Waals surface area contributed by atoms with E-state index in [1.807, 2.05) is 0 Å². The van der Waals surface area contributed by atoms with Crippen LogP contribution in [0.5, 0.6) is 0 Å². The van der Waals surface area contributed by atoms with Crippen LogP contribution in [0.3, 0.4) is 0 Å². The SMILES string of the molecule is O=C(CC1CCS(=O)(=O)C1)NC1CC(O)C1. The second-order valence-corrected chi connectivity index (χ2v) is 7.09. The third-order valence-corrected chi connectivity index (χ3v) is 5.12. The quantitative estimate of drug-likeness (QED) is 0.701. The minimum atomic E-state index is -2.89. The highest BCUT2D eigenvalue weighted by atomic mass is 32.2. The first-order chi connectivity index (χ1) is 7.44. The van der Waals surface area contributed by atoms with Crippen LogP contribution >= 0.6 is 0 Å². The molecule has 2 aliphatic rings. The van der Waals surface area contributed by atoms with Crippen molar-refractivity contribution in [2.24, 2.45) is 5.92 Å². The molecule has 0 aromatic rings. The Morgan fingerprint density at radius 1 is 1.38 bits per heavy atom. The van der Waals surface area contributed by atoms with Gasteiger partial charge in [-0.15, -0.1) is 0 Å². The summed E-state index contributed by atoms with van der Waals surface area (Å²) in [6, 6.07) is 0.0838. The number of sulfone groups is 1. The van der Waals surface area contributed by atoms with Crippen molar-refractivity contribution in [1.82, 2.24) is 5.32 Å². The number of hydrogen-bond donors (Lipinski definition) is 2. The molecule has 1 aliphatic carbocycles. The molecule has 0 aromatic heterocycles. The molecule has 5 nitrogen and oxygen atoms in total. The molecule has 0 aromatic carbocycles. The number of aliphatic hydroxyl groups excluding tert-OH is 1. The van der Waals surface area contributed by atoms with Gasteiger partial charge in [0, 0.05) is 12.5 Å². The Balaban J connectivity index is 1.72. The maximum atomic E-state index is 11.5. The molecule has 2 fully saturated rings. The van der Waals surface area contributed by atoms with Crippen LogP contribution in [0.25, 0.3) is 0 Å². The topological polar surface area (TPSA) is 83.5 Å².